The Labute approximate surface area is 102 Å². The molecule has 1 aliphatic heterocycles. The van der Waals surface area contributed by atoms with E-state index < -0.39 is 0 Å². The molecular formula is C11H10INO2. The maximum atomic E-state index is 11.8. The van der Waals surface area contributed by atoms with Crippen LogP contribution in [0.3, 0.4) is 0 Å². The van der Waals surface area contributed by atoms with Gasteiger partial charge in [-0.05, 0) is 12.1 Å². The summed E-state index contributed by atoms with van der Waals surface area (Å²) in [6.07, 6.45) is 0.344. The molecule has 0 spiro atoms. The van der Waals surface area contributed by atoms with E-state index in [-0.39, 0.29) is 17.7 Å². The number of benzene rings is 1. The summed E-state index contributed by atoms with van der Waals surface area (Å²) in [6, 6.07) is 9.08. The highest BCUT2D eigenvalue weighted by Crippen LogP contribution is 2.27. The van der Waals surface area contributed by atoms with Crippen LogP contribution in [0.2, 0.25) is 0 Å². The number of hydrogen-bond donors (Lipinski definition) is 0. The van der Waals surface area contributed by atoms with Crippen LogP contribution in [0.25, 0.3) is 0 Å². The van der Waals surface area contributed by atoms with E-state index in [0.717, 1.165) is 0 Å². The largest absolute Gasteiger partial charge is 0.274 e. The number of hydrogen-bond acceptors (Lipinski definition) is 2. The van der Waals surface area contributed by atoms with Gasteiger partial charge >= 0.3 is 0 Å². The molecule has 2 amide bonds. The van der Waals surface area contributed by atoms with Crippen molar-refractivity contribution in [2.45, 2.75) is 6.42 Å². The summed E-state index contributed by atoms with van der Waals surface area (Å²) in [7, 11) is 0. The number of para-hydroxylation sites is 1. The quantitative estimate of drug-likeness (QED) is 0.476. The first-order valence-electron chi connectivity index (χ1n) is 4.72. The fourth-order valence-electron chi connectivity index (χ4n) is 1.66. The number of rotatable bonds is 2. The molecule has 0 radical (unpaired) electrons. The molecule has 1 unspecified atom stereocenters. The van der Waals surface area contributed by atoms with Crippen LogP contribution < -0.4 is 4.90 Å². The zero-order chi connectivity index (χ0) is 10.8. The van der Waals surface area contributed by atoms with Crippen LogP contribution >= 0.6 is 22.6 Å². The topological polar surface area (TPSA) is 37.4 Å². The third-order valence-electron chi connectivity index (χ3n) is 2.44. The Bertz CT molecular complexity index is 391. The van der Waals surface area contributed by atoms with E-state index >= 15 is 0 Å². The Morgan fingerprint density at radius 3 is 2.47 bits per heavy atom. The Kier molecular flexibility index (Phi) is 3.04. The van der Waals surface area contributed by atoms with Gasteiger partial charge in [-0.15, -0.1) is 0 Å². The van der Waals surface area contributed by atoms with E-state index in [1.807, 2.05) is 18.2 Å². The van der Waals surface area contributed by atoms with E-state index in [2.05, 4.69) is 22.6 Å². The number of imide groups is 1. The van der Waals surface area contributed by atoms with Gasteiger partial charge in [0.25, 0.3) is 0 Å². The lowest BCUT2D eigenvalue weighted by atomic mass is 10.1. The SMILES string of the molecule is O=C1CC(CI)C(=O)N1c1ccccc1. The van der Waals surface area contributed by atoms with Crippen LogP contribution in [-0.4, -0.2) is 16.2 Å². The van der Waals surface area contributed by atoms with Crippen molar-refractivity contribution in [3.8, 4) is 0 Å². The first kappa shape index (κ1) is 10.6. The monoisotopic (exact) mass is 315 g/mol. The molecule has 4 heteroatoms. The van der Waals surface area contributed by atoms with Crippen LogP contribution in [0.1, 0.15) is 6.42 Å². The summed E-state index contributed by atoms with van der Waals surface area (Å²) in [6.45, 7) is 0. The van der Waals surface area contributed by atoms with Crippen LogP contribution in [0.5, 0.6) is 0 Å². The molecule has 1 heterocycles. The lowest BCUT2D eigenvalue weighted by Crippen LogP contribution is -2.30. The summed E-state index contributed by atoms with van der Waals surface area (Å²) in [4.78, 5) is 24.8. The number of nitrogens with zero attached hydrogens (tertiary/aromatic N) is 1. The van der Waals surface area contributed by atoms with Crippen molar-refractivity contribution in [1.82, 2.24) is 0 Å². The van der Waals surface area contributed by atoms with Gasteiger partial charge in [0, 0.05) is 10.8 Å². The Balaban J connectivity index is 2.31. The van der Waals surface area contributed by atoms with E-state index in [1.165, 1.54) is 4.90 Å². The average molecular weight is 315 g/mol. The Morgan fingerprint density at radius 2 is 1.93 bits per heavy atom. The maximum Gasteiger partial charge on any atom is 0.238 e. The predicted molar refractivity (Wildman–Crippen MR) is 65.9 cm³/mol. The molecule has 0 saturated carbocycles. The van der Waals surface area contributed by atoms with Gasteiger partial charge in [-0.2, -0.15) is 0 Å². The molecule has 0 N–H and O–H groups in total. The van der Waals surface area contributed by atoms with Gasteiger partial charge in [-0.3, -0.25) is 14.5 Å². The number of amides is 2. The number of alkyl halides is 1. The van der Waals surface area contributed by atoms with Crippen molar-refractivity contribution in [3.05, 3.63) is 30.3 Å². The third-order valence-corrected chi connectivity index (χ3v) is 3.50. The molecule has 0 aromatic heterocycles. The normalized spacial score (nSPS) is 21.1. The van der Waals surface area contributed by atoms with Crippen LogP contribution in [0.4, 0.5) is 5.69 Å². The highest BCUT2D eigenvalue weighted by Gasteiger charge is 2.38. The second-order valence-corrected chi connectivity index (χ2v) is 4.34. The molecule has 1 aliphatic rings. The van der Waals surface area contributed by atoms with Crippen molar-refractivity contribution in [2.24, 2.45) is 5.92 Å². The van der Waals surface area contributed by atoms with Gasteiger partial charge in [0.15, 0.2) is 0 Å². The summed E-state index contributed by atoms with van der Waals surface area (Å²) in [5, 5.41) is 0. The van der Waals surface area contributed by atoms with E-state index in [4.69, 9.17) is 0 Å². The first-order chi connectivity index (χ1) is 7.24. The zero-order valence-corrected chi connectivity index (χ0v) is 10.2. The highest BCUT2D eigenvalue weighted by molar-refractivity contribution is 14.1. The van der Waals surface area contributed by atoms with Gasteiger partial charge in [-0.25, -0.2) is 0 Å². The van der Waals surface area contributed by atoms with E-state index in [9.17, 15) is 9.59 Å². The summed E-state index contributed by atoms with van der Waals surface area (Å²) in [5.74, 6) is -0.299. The van der Waals surface area contributed by atoms with Crippen molar-refractivity contribution >= 4 is 40.1 Å². The molecule has 0 bridgehead atoms. The van der Waals surface area contributed by atoms with Crippen LogP contribution in [0, 0.1) is 5.92 Å². The van der Waals surface area contributed by atoms with Gasteiger partial charge < -0.3 is 0 Å². The standard InChI is InChI=1S/C11H10INO2/c12-7-8-6-10(14)13(11(8)15)9-4-2-1-3-5-9/h1-5,8H,6-7H2. The van der Waals surface area contributed by atoms with Gasteiger partial charge in [0.2, 0.25) is 11.8 Å². The number of halogens is 1. The number of anilines is 1. The summed E-state index contributed by atoms with van der Waals surface area (Å²) >= 11 is 2.14. The van der Waals surface area contributed by atoms with Crippen molar-refractivity contribution in [1.29, 1.82) is 0 Å². The molecule has 3 nitrogen and oxygen atoms in total. The summed E-state index contributed by atoms with van der Waals surface area (Å²) in [5.41, 5.74) is 0.680. The van der Waals surface area contributed by atoms with E-state index in [1.54, 1.807) is 12.1 Å². The minimum atomic E-state index is -0.140. The lowest BCUT2D eigenvalue weighted by Gasteiger charge is -2.13. The molecule has 1 fully saturated rings. The molecular weight excluding hydrogens is 305 g/mol. The maximum absolute atomic E-state index is 11.8. The Hall–Kier alpha value is -0.910. The van der Waals surface area contributed by atoms with Crippen molar-refractivity contribution in [3.63, 3.8) is 0 Å². The zero-order valence-electron chi connectivity index (χ0n) is 8.02. The van der Waals surface area contributed by atoms with Crippen molar-refractivity contribution < 1.29 is 9.59 Å². The molecule has 1 saturated heterocycles. The molecule has 0 aliphatic carbocycles. The van der Waals surface area contributed by atoms with Gasteiger partial charge in [0.1, 0.15) is 0 Å². The molecule has 1 atom stereocenters. The first-order valence-corrected chi connectivity index (χ1v) is 6.24. The number of carbonyl (C=O) groups excluding carboxylic acids is 2. The smallest absolute Gasteiger partial charge is 0.238 e. The second kappa shape index (κ2) is 4.30. The molecule has 15 heavy (non-hydrogen) atoms. The fraction of sp³-hybridized carbons (Fsp3) is 0.273. The van der Waals surface area contributed by atoms with E-state index in [0.29, 0.717) is 16.5 Å². The predicted octanol–water partition coefficient (Wildman–Crippen LogP) is 2.00. The summed E-state index contributed by atoms with van der Waals surface area (Å²) < 4.78 is 0.700. The van der Waals surface area contributed by atoms with Gasteiger partial charge in [0.05, 0.1) is 11.6 Å². The molecule has 78 valence electrons. The van der Waals surface area contributed by atoms with Crippen LogP contribution in [-0.2, 0) is 9.59 Å². The highest BCUT2D eigenvalue weighted by atomic mass is 127. The second-order valence-electron chi connectivity index (χ2n) is 3.46. The molecule has 1 aromatic carbocycles. The molecule has 2 rings (SSSR count). The molecule has 1 aromatic rings. The van der Waals surface area contributed by atoms with Crippen LogP contribution in [0.15, 0.2) is 30.3 Å². The minimum absolute atomic E-state index is 0.0689. The van der Waals surface area contributed by atoms with Crippen molar-refractivity contribution in [2.75, 3.05) is 9.33 Å². The Morgan fingerprint density at radius 1 is 1.27 bits per heavy atom. The average Bonchev–Trinajstić information content (AvgIpc) is 2.55. The minimum Gasteiger partial charge on any atom is -0.274 e. The fourth-order valence-corrected chi connectivity index (χ4v) is 2.35. The lowest BCUT2D eigenvalue weighted by molar-refractivity contribution is -0.122. The number of carbonyl (C=O) groups is 2. The van der Waals surface area contributed by atoms with Gasteiger partial charge in [-0.1, -0.05) is 40.8 Å². The third kappa shape index (κ3) is 1.90.